The van der Waals surface area contributed by atoms with Crippen molar-refractivity contribution in [3.05, 3.63) is 52.2 Å². The van der Waals surface area contributed by atoms with Crippen LogP contribution in [0, 0.1) is 6.92 Å². The van der Waals surface area contributed by atoms with Gasteiger partial charge in [0.15, 0.2) is 0 Å². The second-order valence-electron chi connectivity index (χ2n) is 4.20. The molecular weight excluding hydrogens is 282 g/mol. The lowest BCUT2D eigenvalue weighted by atomic mass is 10.2. The van der Waals surface area contributed by atoms with Crippen LogP contribution in [0.1, 0.15) is 16.5 Å². The molecule has 0 fully saturated rings. The van der Waals surface area contributed by atoms with Gasteiger partial charge in [0.1, 0.15) is 6.10 Å². The van der Waals surface area contributed by atoms with Crippen molar-refractivity contribution in [1.82, 2.24) is 4.72 Å². The van der Waals surface area contributed by atoms with E-state index in [4.69, 9.17) is 0 Å². The maximum absolute atomic E-state index is 12.0. The lowest BCUT2D eigenvalue weighted by Gasteiger charge is -2.11. The molecule has 0 bridgehead atoms. The van der Waals surface area contributed by atoms with E-state index in [0.717, 1.165) is 10.4 Å². The Bertz CT molecular complexity index is 636. The van der Waals surface area contributed by atoms with Crippen LogP contribution in [0.3, 0.4) is 0 Å². The Kier molecular flexibility index (Phi) is 4.36. The van der Waals surface area contributed by atoms with E-state index < -0.39 is 16.1 Å². The molecule has 4 nitrogen and oxygen atoms in total. The van der Waals surface area contributed by atoms with Crippen LogP contribution in [-0.4, -0.2) is 20.1 Å². The first kappa shape index (κ1) is 14.2. The molecular formula is C13H15NO3S2. The molecule has 1 aromatic heterocycles. The Morgan fingerprint density at radius 2 is 2.11 bits per heavy atom. The van der Waals surface area contributed by atoms with Crippen molar-refractivity contribution in [3.8, 4) is 0 Å². The molecule has 102 valence electrons. The molecule has 2 rings (SSSR count). The summed E-state index contributed by atoms with van der Waals surface area (Å²) in [5.74, 6) is 0. The summed E-state index contributed by atoms with van der Waals surface area (Å²) in [6.07, 6.45) is -0.820. The molecule has 19 heavy (non-hydrogen) atoms. The number of thiophene rings is 1. The summed E-state index contributed by atoms with van der Waals surface area (Å²) in [7, 11) is -3.57. The lowest BCUT2D eigenvalue weighted by Crippen LogP contribution is -2.28. The largest absolute Gasteiger partial charge is 0.386 e. The molecule has 0 saturated carbocycles. The Morgan fingerprint density at radius 1 is 1.32 bits per heavy atom. The van der Waals surface area contributed by atoms with Crippen molar-refractivity contribution in [2.24, 2.45) is 0 Å². The third-order valence-corrected chi connectivity index (χ3v) is 5.03. The van der Waals surface area contributed by atoms with Crippen LogP contribution in [0.15, 0.2) is 46.7 Å². The van der Waals surface area contributed by atoms with Crippen molar-refractivity contribution in [1.29, 1.82) is 0 Å². The van der Waals surface area contributed by atoms with Gasteiger partial charge in [0.25, 0.3) is 0 Å². The highest BCUT2D eigenvalue weighted by atomic mass is 32.2. The van der Waals surface area contributed by atoms with Gasteiger partial charge in [-0.15, -0.1) is 11.3 Å². The summed E-state index contributed by atoms with van der Waals surface area (Å²) in [5, 5.41) is 11.7. The molecule has 0 spiro atoms. The third kappa shape index (κ3) is 3.63. The van der Waals surface area contributed by atoms with Gasteiger partial charge in [0, 0.05) is 11.4 Å². The van der Waals surface area contributed by atoms with E-state index in [1.165, 1.54) is 17.4 Å². The summed E-state index contributed by atoms with van der Waals surface area (Å²) in [4.78, 5) is 0.956. The van der Waals surface area contributed by atoms with Crippen molar-refractivity contribution in [2.45, 2.75) is 17.9 Å². The van der Waals surface area contributed by atoms with Crippen LogP contribution in [0.2, 0.25) is 0 Å². The number of sulfonamides is 1. The normalized spacial score (nSPS) is 13.4. The Morgan fingerprint density at radius 3 is 2.74 bits per heavy atom. The van der Waals surface area contributed by atoms with Crippen molar-refractivity contribution in [3.63, 3.8) is 0 Å². The van der Waals surface area contributed by atoms with Crippen LogP contribution >= 0.6 is 11.3 Å². The van der Waals surface area contributed by atoms with E-state index in [-0.39, 0.29) is 11.4 Å². The molecule has 1 unspecified atom stereocenters. The molecule has 0 radical (unpaired) electrons. The van der Waals surface area contributed by atoms with Gasteiger partial charge in [0.2, 0.25) is 10.0 Å². The second kappa shape index (κ2) is 5.83. The van der Waals surface area contributed by atoms with Gasteiger partial charge in [-0.3, -0.25) is 0 Å². The zero-order chi connectivity index (χ0) is 13.9. The van der Waals surface area contributed by atoms with E-state index in [1.807, 2.05) is 24.4 Å². The standard InChI is InChI=1S/C13H15NO3S2/c1-10-4-2-5-11(8-10)19(16,17)14-9-12(15)13-6-3-7-18-13/h2-8,12,14-15H,9H2,1H3. The summed E-state index contributed by atoms with van der Waals surface area (Å²) in [6, 6.07) is 10.3. The van der Waals surface area contributed by atoms with Gasteiger partial charge in [-0.1, -0.05) is 18.2 Å². The molecule has 1 heterocycles. The monoisotopic (exact) mass is 297 g/mol. The Labute approximate surface area is 116 Å². The molecule has 0 aliphatic heterocycles. The number of aliphatic hydroxyl groups is 1. The van der Waals surface area contributed by atoms with Crippen LogP contribution in [0.25, 0.3) is 0 Å². The Balaban J connectivity index is 2.06. The zero-order valence-electron chi connectivity index (χ0n) is 10.4. The van der Waals surface area contributed by atoms with Gasteiger partial charge < -0.3 is 5.11 Å². The molecule has 2 N–H and O–H groups in total. The first-order valence-corrected chi connectivity index (χ1v) is 8.13. The topological polar surface area (TPSA) is 66.4 Å². The average molecular weight is 297 g/mol. The summed E-state index contributed by atoms with van der Waals surface area (Å²) in [5.41, 5.74) is 0.877. The van der Waals surface area contributed by atoms with Gasteiger partial charge in [-0.25, -0.2) is 13.1 Å². The van der Waals surface area contributed by atoms with E-state index >= 15 is 0 Å². The van der Waals surface area contributed by atoms with E-state index in [1.54, 1.807) is 18.2 Å². The quantitative estimate of drug-likeness (QED) is 0.888. The smallest absolute Gasteiger partial charge is 0.240 e. The van der Waals surface area contributed by atoms with Crippen molar-refractivity contribution >= 4 is 21.4 Å². The van der Waals surface area contributed by atoms with Crippen LogP contribution in [0.5, 0.6) is 0 Å². The third-order valence-electron chi connectivity index (χ3n) is 2.64. The number of benzene rings is 1. The van der Waals surface area contributed by atoms with Crippen molar-refractivity contribution in [2.75, 3.05) is 6.54 Å². The van der Waals surface area contributed by atoms with Crippen molar-refractivity contribution < 1.29 is 13.5 Å². The summed E-state index contributed by atoms with van der Waals surface area (Å²) >= 11 is 1.40. The van der Waals surface area contributed by atoms with Crippen LogP contribution in [0.4, 0.5) is 0 Å². The SMILES string of the molecule is Cc1cccc(S(=O)(=O)NCC(O)c2cccs2)c1. The predicted molar refractivity (Wildman–Crippen MR) is 75.6 cm³/mol. The highest BCUT2D eigenvalue weighted by Crippen LogP contribution is 2.18. The second-order valence-corrected chi connectivity index (χ2v) is 6.95. The molecule has 0 saturated heterocycles. The van der Waals surface area contributed by atoms with Crippen LogP contribution < -0.4 is 4.72 Å². The molecule has 6 heteroatoms. The van der Waals surface area contributed by atoms with E-state index in [9.17, 15) is 13.5 Å². The molecule has 1 atom stereocenters. The number of nitrogens with one attached hydrogen (secondary N) is 1. The lowest BCUT2D eigenvalue weighted by molar-refractivity contribution is 0.186. The number of hydrogen-bond donors (Lipinski definition) is 2. The minimum absolute atomic E-state index is 0.0310. The fourth-order valence-electron chi connectivity index (χ4n) is 1.64. The summed E-state index contributed by atoms with van der Waals surface area (Å²) in [6.45, 7) is 1.80. The number of hydrogen-bond acceptors (Lipinski definition) is 4. The highest BCUT2D eigenvalue weighted by molar-refractivity contribution is 7.89. The minimum Gasteiger partial charge on any atom is -0.386 e. The van der Waals surface area contributed by atoms with Gasteiger partial charge >= 0.3 is 0 Å². The maximum Gasteiger partial charge on any atom is 0.240 e. The average Bonchev–Trinajstić information content (AvgIpc) is 2.90. The highest BCUT2D eigenvalue weighted by Gasteiger charge is 2.17. The van der Waals surface area contributed by atoms with Gasteiger partial charge in [0.05, 0.1) is 4.90 Å². The van der Waals surface area contributed by atoms with Gasteiger partial charge in [-0.05, 0) is 36.1 Å². The first-order valence-electron chi connectivity index (χ1n) is 5.77. The minimum atomic E-state index is -3.57. The van der Waals surface area contributed by atoms with E-state index in [0.29, 0.717) is 0 Å². The molecule has 0 amide bonds. The predicted octanol–water partition coefficient (Wildman–Crippen LogP) is 2.07. The molecule has 0 aliphatic rings. The van der Waals surface area contributed by atoms with Crippen LogP contribution in [-0.2, 0) is 10.0 Å². The molecule has 0 aliphatic carbocycles. The fraction of sp³-hybridized carbons (Fsp3) is 0.231. The number of rotatable bonds is 5. The zero-order valence-corrected chi connectivity index (χ0v) is 12.0. The molecule has 1 aromatic carbocycles. The summed E-state index contributed by atoms with van der Waals surface area (Å²) < 4.78 is 26.5. The maximum atomic E-state index is 12.0. The fourth-order valence-corrected chi connectivity index (χ4v) is 3.49. The number of aryl methyl sites for hydroxylation is 1. The van der Waals surface area contributed by atoms with E-state index in [2.05, 4.69) is 4.72 Å². The molecule has 2 aromatic rings. The van der Waals surface area contributed by atoms with Gasteiger partial charge in [-0.2, -0.15) is 0 Å². The first-order chi connectivity index (χ1) is 8.99. The Hall–Kier alpha value is -1.21. The number of aliphatic hydroxyl groups excluding tert-OH is 1.